The van der Waals surface area contributed by atoms with Gasteiger partial charge in [-0.3, -0.25) is 0 Å². The molecule has 3 rings (SSSR count). The van der Waals surface area contributed by atoms with Crippen LogP contribution in [0.15, 0.2) is 48.5 Å². The summed E-state index contributed by atoms with van der Waals surface area (Å²) in [6.07, 6.45) is 3.88. The van der Waals surface area contributed by atoms with Gasteiger partial charge in [0.15, 0.2) is 0 Å². The Morgan fingerprint density at radius 3 is 2.43 bits per heavy atom. The highest BCUT2D eigenvalue weighted by Gasteiger charge is 2.43. The molecule has 1 fully saturated rings. The first kappa shape index (κ1) is 14.6. The molecule has 0 heterocycles. The average molecular weight is 304 g/mol. The van der Waals surface area contributed by atoms with Crippen molar-refractivity contribution in [2.75, 3.05) is 0 Å². The third kappa shape index (κ3) is 2.70. The Labute approximate surface area is 129 Å². The van der Waals surface area contributed by atoms with E-state index in [1.54, 1.807) is 12.1 Å². The van der Waals surface area contributed by atoms with E-state index in [2.05, 4.69) is 12.1 Å². The molecule has 110 valence electrons. The first-order valence-electron chi connectivity index (χ1n) is 7.37. The zero-order valence-corrected chi connectivity index (χ0v) is 12.6. The van der Waals surface area contributed by atoms with Gasteiger partial charge in [-0.25, -0.2) is 4.39 Å². The predicted molar refractivity (Wildman–Crippen MR) is 85.1 cm³/mol. The molecule has 0 aromatic heterocycles. The van der Waals surface area contributed by atoms with E-state index in [0.717, 1.165) is 12.8 Å². The molecule has 3 heteroatoms. The summed E-state index contributed by atoms with van der Waals surface area (Å²) in [4.78, 5) is 0. The van der Waals surface area contributed by atoms with E-state index in [1.165, 1.54) is 18.1 Å². The molecule has 1 atom stereocenters. The molecule has 1 nitrogen and oxygen atoms in total. The van der Waals surface area contributed by atoms with E-state index in [-0.39, 0.29) is 17.3 Å². The lowest BCUT2D eigenvalue weighted by molar-refractivity contribution is 0.193. The maximum atomic E-state index is 14.0. The molecule has 0 aliphatic heterocycles. The van der Waals surface area contributed by atoms with Gasteiger partial charge in [0.2, 0.25) is 0 Å². The van der Waals surface area contributed by atoms with Crippen LogP contribution in [0.5, 0.6) is 0 Å². The first-order chi connectivity index (χ1) is 10.1. The molecular weight excluding hydrogens is 285 g/mol. The molecule has 0 radical (unpaired) electrons. The fraction of sp³-hybridized carbons (Fsp3) is 0.333. The van der Waals surface area contributed by atoms with Crippen molar-refractivity contribution < 1.29 is 4.39 Å². The fourth-order valence-electron chi connectivity index (χ4n) is 3.32. The Morgan fingerprint density at radius 2 is 1.86 bits per heavy atom. The molecule has 1 aliphatic carbocycles. The van der Waals surface area contributed by atoms with Crippen molar-refractivity contribution in [3.8, 4) is 0 Å². The van der Waals surface area contributed by atoms with Crippen LogP contribution in [0.1, 0.15) is 30.4 Å². The van der Waals surface area contributed by atoms with Crippen LogP contribution in [-0.2, 0) is 11.8 Å². The van der Waals surface area contributed by atoms with Gasteiger partial charge in [-0.2, -0.15) is 0 Å². The molecule has 1 aliphatic rings. The molecule has 2 N–H and O–H groups in total. The van der Waals surface area contributed by atoms with Gasteiger partial charge in [-0.1, -0.05) is 54.4 Å². The van der Waals surface area contributed by atoms with Crippen molar-refractivity contribution >= 4 is 11.6 Å². The van der Waals surface area contributed by atoms with Crippen LogP contribution in [-0.4, -0.2) is 6.04 Å². The second-order valence-electron chi connectivity index (χ2n) is 5.92. The van der Waals surface area contributed by atoms with Gasteiger partial charge in [0, 0.05) is 16.5 Å². The van der Waals surface area contributed by atoms with Gasteiger partial charge in [0.1, 0.15) is 5.82 Å². The Hall–Kier alpha value is -1.38. The number of halogens is 2. The summed E-state index contributed by atoms with van der Waals surface area (Å²) in [7, 11) is 0. The summed E-state index contributed by atoms with van der Waals surface area (Å²) < 4.78 is 14.0. The van der Waals surface area contributed by atoms with E-state index in [9.17, 15) is 4.39 Å². The van der Waals surface area contributed by atoms with Crippen LogP contribution in [0.4, 0.5) is 4.39 Å². The number of hydrogen-bond acceptors (Lipinski definition) is 1. The van der Waals surface area contributed by atoms with Crippen molar-refractivity contribution in [1.82, 2.24) is 0 Å². The standard InChI is InChI=1S/C18H19ClFN/c19-15-8-7-13(16(20)12-15)11-17(21)18(9-4-10-18)14-5-2-1-3-6-14/h1-3,5-8,12,17H,4,9-11,21H2. The minimum Gasteiger partial charge on any atom is -0.327 e. The van der Waals surface area contributed by atoms with E-state index < -0.39 is 0 Å². The second-order valence-corrected chi connectivity index (χ2v) is 6.36. The summed E-state index contributed by atoms with van der Waals surface area (Å²) >= 11 is 5.81. The fourth-order valence-corrected chi connectivity index (χ4v) is 3.48. The van der Waals surface area contributed by atoms with Crippen molar-refractivity contribution in [2.45, 2.75) is 37.1 Å². The van der Waals surface area contributed by atoms with Crippen LogP contribution >= 0.6 is 11.6 Å². The second kappa shape index (κ2) is 5.78. The van der Waals surface area contributed by atoms with E-state index >= 15 is 0 Å². The van der Waals surface area contributed by atoms with Crippen molar-refractivity contribution in [2.24, 2.45) is 5.73 Å². The third-order valence-corrected chi connectivity index (χ3v) is 4.99. The monoisotopic (exact) mass is 303 g/mol. The molecule has 2 aromatic carbocycles. The Kier molecular flexibility index (Phi) is 4.01. The Bertz CT molecular complexity index is 622. The first-order valence-corrected chi connectivity index (χ1v) is 7.75. The average Bonchev–Trinajstić information content (AvgIpc) is 2.42. The van der Waals surface area contributed by atoms with Gasteiger partial charge in [-0.05, 0) is 42.5 Å². The summed E-state index contributed by atoms with van der Waals surface area (Å²) in [5, 5.41) is 0.422. The topological polar surface area (TPSA) is 26.0 Å². The highest BCUT2D eigenvalue weighted by atomic mass is 35.5. The van der Waals surface area contributed by atoms with Crippen molar-refractivity contribution in [1.29, 1.82) is 0 Å². The van der Waals surface area contributed by atoms with E-state index in [4.69, 9.17) is 17.3 Å². The van der Waals surface area contributed by atoms with Crippen LogP contribution in [0.2, 0.25) is 5.02 Å². The summed E-state index contributed by atoms with van der Waals surface area (Å²) in [6, 6.07) is 15.1. The lowest BCUT2D eigenvalue weighted by Crippen LogP contribution is -2.51. The largest absolute Gasteiger partial charge is 0.327 e. The smallest absolute Gasteiger partial charge is 0.127 e. The molecule has 0 amide bonds. The number of benzene rings is 2. The number of rotatable bonds is 4. The summed E-state index contributed by atoms with van der Waals surface area (Å²) in [5.74, 6) is -0.263. The Balaban J connectivity index is 1.85. The summed E-state index contributed by atoms with van der Waals surface area (Å²) in [5.41, 5.74) is 8.40. The van der Waals surface area contributed by atoms with E-state index in [1.807, 2.05) is 18.2 Å². The molecule has 1 unspecified atom stereocenters. The van der Waals surface area contributed by atoms with Crippen molar-refractivity contribution in [3.05, 3.63) is 70.5 Å². The quantitative estimate of drug-likeness (QED) is 0.886. The van der Waals surface area contributed by atoms with Gasteiger partial charge >= 0.3 is 0 Å². The van der Waals surface area contributed by atoms with Gasteiger partial charge < -0.3 is 5.73 Å². The molecule has 1 saturated carbocycles. The maximum Gasteiger partial charge on any atom is 0.127 e. The lowest BCUT2D eigenvalue weighted by Gasteiger charge is -2.47. The SMILES string of the molecule is NC(Cc1ccc(Cl)cc1F)C1(c2ccccc2)CCC1. The zero-order chi connectivity index (χ0) is 14.9. The molecule has 21 heavy (non-hydrogen) atoms. The molecule has 2 aromatic rings. The van der Waals surface area contributed by atoms with Gasteiger partial charge in [-0.15, -0.1) is 0 Å². The highest BCUT2D eigenvalue weighted by molar-refractivity contribution is 6.30. The third-order valence-electron chi connectivity index (χ3n) is 4.76. The van der Waals surface area contributed by atoms with Crippen LogP contribution in [0, 0.1) is 5.82 Å². The van der Waals surface area contributed by atoms with Crippen LogP contribution in [0.25, 0.3) is 0 Å². The Morgan fingerprint density at radius 1 is 1.14 bits per heavy atom. The minimum absolute atomic E-state index is 0.00661. The van der Waals surface area contributed by atoms with Gasteiger partial charge in [0.25, 0.3) is 0 Å². The lowest BCUT2D eigenvalue weighted by atomic mass is 9.59. The minimum atomic E-state index is -0.263. The van der Waals surface area contributed by atoms with Crippen molar-refractivity contribution in [3.63, 3.8) is 0 Å². The molecule has 0 bridgehead atoms. The highest BCUT2D eigenvalue weighted by Crippen LogP contribution is 2.46. The van der Waals surface area contributed by atoms with Crippen LogP contribution in [0.3, 0.4) is 0 Å². The maximum absolute atomic E-state index is 14.0. The van der Waals surface area contributed by atoms with Gasteiger partial charge in [0.05, 0.1) is 0 Å². The normalized spacial score (nSPS) is 18.0. The summed E-state index contributed by atoms with van der Waals surface area (Å²) in [6.45, 7) is 0. The predicted octanol–water partition coefficient (Wildman–Crippen LogP) is 4.47. The molecule has 0 spiro atoms. The number of hydrogen-bond donors (Lipinski definition) is 1. The van der Waals surface area contributed by atoms with E-state index in [0.29, 0.717) is 17.0 Å². The molecule has 0 saturated heterocycles. The van der Waals surface area contributed by atoms with Crippen LogP contribution < -0.4 is 5.73 Å². The number of nitrogens with two attached hydrogens (primary N) is 1. The zero-order valence-electron chi connectivity index (χ0n) is 11.9. The molecular formula is C18H19ClFN.